The van der Waals surface area contributed by atoms with E-state index in [0.29, 0.717) is 11.5 Å². The van der Waals surface area contributed by atoms with Crippen LogP contribution in [0.5, 0.6) is 0 Å². The molecule has 0 aliphatic rings. The fourth-order valence-electron chi connectivity index (χ4n) is 0.804. The van der Waals surface area contributed by atoms with Crippen molar-refractivity contribution in [2.24, 2.45) is 28.5 Å². The van der Waals surface area contributed by atoms with E-state index in [9.17, 15) is 0 Å². The maximum atomic E-state index is 5.46. The minimum atomic E-state index is 0.132. The SMILES string of the molecule is CC(N)=NC(N)=Nc1cnn(C)c1. The van der Waals surface area contributed by atoms with Crippen LogP contribution in [-0.2, 0) is 7.05 Å². The molecular formula is C7H12N6. The van der Waals surface area contributed by atoms with Gasteiger partial charge in [0.2, 0.25) is 5.96 Å². The average Bonchev–Trinajstić information content (AvgIpc) is 2.33. The number of nitrogens with zero attached hydrogens (tertiary/aromatic N) is 4. The summed E-state index contributed by atoms with van der Waals surface area (Å²) in [7, 11) is 1.80. The molecule has 1 rings (SSSR count). The Hall–Kier alpha value is -1.85. The molecule has 0 aromatic carbocycles. The van der Waals surface area contributed by atoms with Gasteiger partial charge in [0, 0.05) is 7.05 Å². The quantitative estimate of drug-likeness (QED) is 0.460. The Bertz CT molecular complexity index is 344. The van der Waals surface area contributed by atoms with Gasteiger partial charge >= 0.3 is 0 Å². The Balaban J connectivity index is 2.82. The smallest absolute Gasteiger partial charge is 0.222 e. The fraction of sp³-hybridized carbons (Fsp3) is 0.286. The molecule has 0 spiro atoms. The molecule has 70 valence electrons. The van der Waals surface area contributed by atoms with Crippen LogP contribution in [0.2, 0.25) is 0 Å². The lowest BCUT2D eigenvalue weighted by molar-refractivity contribution is 0.768. The second kappa shape index (κ2) is 3.70. The van der Waals surface area contributed by atoms with Crippen molar-refractivity contribution >= 4 is 17.5 Å². The summed E-state index contributed by atoms with van der Waals surface area (Å²) in [5.41, 5.74) is 11.4. The molecular weight excluding hydrogens is 168 g/mol. The van der Waals surface area contributed by atoms with Crippen LogP contribution in [0.1, 0.15) is 6.92 Å². The predicted octanol–water partition coefficient (Wildman–Crippen LogP) is -0.257. The standard InChI is InChI=1S/C7H12N6/c1-5(8)11-7(9)12-6-3-10-13(2)4-6/h3-4H,1-2H3,(H4,8,9,11,12). The minimum absolute atomic E-state index is 0.132. The number of aliphatic imine (C=N–C) groups is 2. The van der Waals surface area contributed by atoms with Crippen molar-refractivity contribution in [2.45, 2.75) is 6.92 Å². The first-order chi connectivity index (χ1) is 6.08. The highest BCUT2D eigenvalue weighted by molar-refractivity contribution is 5.94. The lowest BCUT2D eigenvalue weighted by Gasteiger charge is -1.91. The molecule has 0 unspecified atom stereocenters. The normalized spacial score (nSPS) is 13.4. The van der Waals surface area contributed by atoms with Crippen molar-refractivity contribution < 1.29 is 0 Å². The molecule has 0 aliphatic heterocycles. The van der Waals surface area contributed by atoms with Gasteiger partial charge in [0.25, 0.3) is 0 Å². The maximum Gasteiger partial charge on any atom is 0.222 e. The third-order valence-electron chi connectivity index (χ3n) is 1.23. The Labute approximate surface area is 76.0 Å². The Morgan fingerprint density at radius 2 is 2.23 bits per heavy atom. The van der Waals surface area contributed by atoms with E-state index in [4.69, 9.17) is 11.5 Å². The van der Waals surface area contributed by atoms with E-state index in [0.717, 1.165) is 0 Å². The summed E-state index contributed by atoms with van der Waals surface area (Å²) >= 11 is 0. The number of aromatic nitrogens is 2. The Morgan fingerprint density at radius 3 is 2.69 bits per heavy atom. The third-order valence-corrected chi connectivity index (χ3v) is 1.23. The van der Waals surface area contributed by atoms with Gasteiger partial charge in [-0.25, -0.2) is 9.98 Å². The van der Waals surface area contributed by atoms with Crippen molar-refractivity contribution in [1.29, 1.82) is 0 Å². The number of amidine groups is 1. The number of hydrogen-bond acceptors (Lipinski definition) is 2. The van der Waals surface area contributed by atoms with Gasteiger partial charge in [-0.3, -0.25) is 4.68 Å². The summed E-state index contributed by atoms with van der Waals surface area (Å²) in [6, 6.07) is 0. The molecule has 0 saturated carbocycles. The van der Waals surface area contributed by atoms with Gasteiger partial charge in [-0.1, -0.05) is 0 Å². The molecule has 6 heteroatoms. The highest BCUT2D eigenvalue weighted by Gasteiger charge is 1.94. The summed E-state index contributed by atoms with van der Waals surface area (Å²) < 4.78 is 1.63. The van der Waals surface area contributed by atoms with Crippen LogP contribution in [0.3, 0.4) is 0 Å². The van der Waals surface area contributed by atoms with E-state index in [2.05, 4.69) is 15.1 Å². The molecule has 13 heavy (non-hydrogen) atoms. The van der Waals surface area contributed by atoms with Gasteiger partial charge in [-0.15, -0.1) is 0 Å². The van der Waals surface area contributed by atoms with Crippen LogP contribution in [0.4, 0.5) is 5.69 Å². The van der Waals surface area contributed by atoms with Crippen molar-refractivity contribution in [3.63, 3.8) is 0 Å². The monoisotopic (exact) mass is 180 g/mol. The zero-order valence-corrected chi connectivity index (χ0v) is 7.60. The zero-order chi connectivity index (χ0) is 9.84. The molecule has 0 atom stereocenters. The van der Waals surface area contributed by atoms with E-state index < -0.39 is 0 Å². The van der Waals surface area contributed by atoms with Crippen LogP contribution < -0.4 is 11.5 Å². The van der Waals surface area contributed by atoms with Crippen molar-refractivity contribution in [2.75, 3.05) is 0 Å². The molecule has 1 aromatic heterocycles. The molecule has 1 heterocycles. The number of hydrogen-bond donors (Lipinski definition) is 2. The zero-order valence-electron chi connectivity index (χ0n) is 7.60. The summed E-state index contributed by atoms with van der Waals surface area (Å²) in [4.78, 5) is 7.73. The number of aryl methyl sites for hydroxylation is 1. The van der Waals surface area contributed by atoms with E-state index in [1.165, 1.54) is 0 Å². The topological polar surface area (TPSA) is 94.6 Å². The Morgan fingerprint density at radius 1 is 1.54 bits per heavy atom. The van der Waals surface area contributed by atoms with E-state index in [1.807, 2.05) is 0 Å². The molecule has 6 nitrogen and oxygen atoms in total. The highest BCUT2D eigenvalue weighted by atomic mass is 15.3. The maximum absolute atomic E-state index is 5.46. The largest absolute Gasteiger partial charge is 0.387 e. The molecule has 0 amide bonds. The van der Waals surface area contributed by atoms with Gasteiger partial charge < -0.3 is 11.5 Å². The first kappa shape index (κ1) is 9.24. The van der Waals surface area contributed by atoms with Crippen molar-refractivity contribution in [3.05, 3.63) is 12.4 Å². The predicted molar refractivity (Wildman–Crippen MR) is 51.8 cm³/mol. The van der Waals surface area contributed by atoms with Gasteiger partial charge in [-0.05, 0) is 6.92 Å². The van der Waals surface area contributed by atoms with Crippen molar-refractivity contribution in [3.8, 4) is 0 Å². The van der Waals surface area contributed by atoms with E-state index in [1.54, 1.807) is 31.0 Å². The summed E-state index contributed by atoms with van der Waals surface area (Å²) in [5, 5.41) is 3.92. The van der Waals surface area contributed by atoms with Crippen LogP contribution in [0, 0.1) is 0 Å². The number of guanidine groups is 1. The first-order valence-electron chi connectivity index (χ1n) is 3.71. The van der Waals surface area contributed by atoms with Crippen LogP contribution in [-0.4, -0.2) is 21.6 Å². The lowest BCUT2D eigenvalue weighted by atomic mass is 10.6. The van der Waals surface area contributed by atoms with Crippen LogP contribution >= 0.6 is 0 Å². The third kappa shape index (κ3) is 2.94. The number of nitrogens with two attached hydrogens (primary N) is 2. The summed E-state index contributed by atoms with van der Waals surface area (Å²) in [6.07, 6.45) is 3.32. The molecule has 0 radical (unpaired) electrons. The van der Waals surface area contributed by atoms with Gasteiger partial charge in [0.15, 0.2) is 0 Å². The van der Waals surface area contributed by atoms with Gasteiger partial charge in [0.05, 0.1) is 18.2 Å². The minimum Gasteiger partial charge on any atom is -0.387 e. The van der Waals surface area contributed by atoms with E-state index >= 15 is 0 Å². The molecule has 0 saturated heterocycles. The van der Waals surface area contributed by atoms with Gasteiger partial charge in [-0.2, -0.15) is 5.10 Å². The molecule has 0 aliphatic carbocycles. The van der Waals surface area contributed by atoms with Crippen LogP contribution in [0.25, 0.3) is 0 Å². The molecule has 1 aromatic rings. The highest BCUT2D eigenvalue weighted by Crippen LogP contribution is 2.07. The molecule has 0 fully saturated rings. The van der Waals surface area contributed by atoms with E-state index in [-0.39, 0.29) is 5.96 Å². The molecule has 0 bridgehead atoms. The van der Waals surface area contributed by atoms with Crippen LogP contribution in [0.15, 0.2) is 22.4 Å². The average molecular weight is 180 g/mol. The van der Waals surface area contributed by atoms with Gasteiger partial charge in [0.1, 0.15) is 5.69 Å². The second-order valence-corrected chi connectivity index (χ2v) is 2.60. The van der Waals surface area contributed by atoms with Crippen molar-refractivity contribution in [1.82, 2.24) is 9.78 Å². The lowest BCUT2D eigenvalue weighted by Crippen LogP contribution is -2.15. The molecule has 4 N–H and O–H groups in total. The fourth-order valence-corrected chi connectivity index (χ4v) is 0.804. The first-order valence-corrected chi connectivity index (χ1v) is 3.71. The number of rotatable bonds is 1. The second-order valence-electron chi connectivity index (χ2n) is 2.60. The Kier molecular flexibility index (Phi) is 2.63. The summed E-state index contributed by atoms with van der Waals surface area (Å²) in [5.74, 6) is 0.512. The summed E-state index contributed by atoms with van der Waals surface area (Å²) in [6.45, 7) is 1.64.